The van der Waals surface area contributed by atoms with Crippen LogP contribution < -0.4 is 8.61 Å². The summed E-state index contributed by atoms with van der Waals surface area (Å²) in [4.78, 5) is 13.6. The molecule has 23 heavy (non-hydrogen) atoms. The standard InChI is InChI=1S/C15H21N3O4S/c1-16-13-5-3-4-6-14(13)18(23(16,20)21)12-7-9-17(10-8-12)15(19)11-22-2/h3-6,12H,7-11H2,1-2H3. The van der Waals surface area contributed by atoms with Gasteiger partial charge >= 0.3 is 10.2 Å². The summed E-state index contributed by atoms with van der Waals surface area (Å²) in [7, 11) is -0.465. The van der Waals surface area contributed by atoms with E-state index >= 15 is 0 Å². The van der Waals surface area contributed by atoms with E-state index in [0.717, 1.165) is 5.69 Å². The number of nitrogens with zero attached hydrogens (tertiary/aromatic N) is 3. The highest BCUT2D eigenvalue weighted by molar-refractivity contribution is 7.94. The van der Waals surface area contributed by atoms with Gasteiger partial charge in [0.15, 0.2) is 0 Å². The van der Waals surface area contributed by atoms with E-state index in [0.29, 0.717) is 31.6 Å². The van der Waals surface area contributed by atoms with Gasteiger partial charge in [-0.2, -0.15) is 8.42 Å². The first-order valence-corrected chi connectivity index (χ1v) is 9.00. The van der Waals surface area contributed by atoms with E-state index in [-0.39, 0.29) is 18.6 Å². The molecule has 126 valence electrons. The molecule has 1 aromatic carbocycles. The zero-order valence-corrected chi connectivity index (χ0v) is 14.1. The van der Waals surface area contributed by atoms with Crippen LogP contribution in [0.4, 0.5) is 11.4 Å². The molecule has 0 spiro atoms. The van der Waals surface area contributed by atoms with Crippen molar-refractivity contribution in [3.63, 3.8) is 0 Å². The van der Waals surface area contributed by atoms with E-state index in [4.69, 9.17) is 4.74 Å². The molecule has 2 aliphatic rings. The zero-order valence-electron chi connectivity index (χ0n) is 13.3. The summed E-state index contributed by atoms with van der Waals surface area (Å²) >= 11 is 0. The maximum Gasteiger partial charge on any atom is 0.326 e. The van der Waals surface area contributed by atoms with Crippen LogP contribution in [0.25, 0.3) is 0 Å². The van der Waals surface area contributed by atoms with Crippen molar-refractivity contribution >= 4 is 27.5 Å². The third-order valence-electron chi connectivity index (χ3n) is 4.47. The number of fused-ring (bicyclic) bond motifs is 1. The molecule has 0 N–H and O–H groups in total. The Bertz CT molecular complexity index is 698. The normalized spacial score (nSPS) is 20.7. The number of carbonyl (C=O) groups excluding carboxylic acids is 1. The van der Waals surface area contributed by atoms with Gasteiger partial charge in [0.1, 0.15) is 6.61 Å². The van der Waals surface area contributed by atoms with Gasteiger partial charge in [0.05, 0.1) is 17.4 Å². The van der Waals surface area contributed by atoms with Crippen molar-refractivity contribution in [1.29, 1.82) is 0 Å². The minimum atomic E-state index is -3.53. The van der Waals surface area contributed by atoms with Crippen LogP contribution in [-0.2, 0) is 19.7 Å². The number of amides is 1. The molecule has 3 rings (SSSR count). The Balaban J connectivity index is 1.79. The predicted octanol–water partition coefficient (Wildman–Crippen LogP) is 0.825. The molecule has 1 amide bonds. The molecule has 1 aromatic rings. The largest absolute Gasteiger partial charge is 0.375 e. The number of likely N-dealkylation sites (tertiary alicyclic amines) is 1. The van der Waals surface area contributed by atoms with Gasteiger partial charge in [-0.25, -0.2) is 4.31 Å². The minimum absolute atomic E-state index is 0.0484. The predicted molar refractivity (Wildman–Crippen MR) is 87.7 cm³/mol. The Morgan fingerprint density at radius 3 is 2.43 bits per heavy atom. The topological polar surface area (TPSA) is 70.2 Å². The summed E-state index contributed by atoms with van der Waals surface area (Å²) in [6.07, 6.45) is 1.24. The average Bonchev–Trinajstić information content (AvgIpc) is 2.75. The number of para-hydroxylation sites is 2. The third kappa shape index (κ3) is 2.66. The Labute approximate surface area is 136 Å². The lowest BCUT2D eigenvalue weighted by molar-refractivity contribution is -0.136. The van der Waals surface area contributed by atoms with Gasteiger partial charge in [-0.15, -0.1) is 0 Å². The van der Waals surface area contributed by atoms with Crippen LogP contribution >= 0.6 is 0 Å². The Hall–Kier alpha value is -1.80. The van der Waals surface area contributed by atoms with E-state index in [1.54, 1.807) is 11.9 Å². The molecule has 0 bridgehead atoms. The summed E-state index contributed by atoms with van der Waals surface area (Å²) in [5.74, 6) is -0.0484. The van der Waals surface area contributed by atoms with E-state index < -0.39 is 10.2 Å². The summed E-state index contributed by atoms with van der Waals surface area (Å²) in [5, 5.41) is 0. The monoisotopic (exact) mass is 339 g/mol. The molecule has 7 nitrogen and oxygen atoms in total. The molecule has 8 heteroatoms. The van der Waals surface area contributed by atoms with Crippen molar-refractivity contribution in [2.45, 2.75) is 18.9 Å². The van der Waals surface area contributed by atoms with E-state index in [2.05, 4.69) is 0 Å². The van der Waals surface area contributed by atoms with Gasteiger partial charge in [-0.1, -0.05) is 12.1 Å². The van der Waals surface area contributed by atoms with E-state index in [9.17, 15) is 13.2 Å². The second kappa shape index (κ2) is 6.01. The van der Waals surface area contributed by atoms with Gasteiger partial charge in [0, 0.05) is 27.2 Å². The Morgan fingerprint density at radius 2 is 1.83 bits per heavy atom. The number of carbonyl (C=O) groups is 1. The number of piperidine rings is 1. The van der Waals surface area contributed by atoms with Crippen LogP contribution in [0.3, 0.4) is 0 Å². The molecular weight excluding hydrogens is 318 g/mol. The van der Waals surface area contributed by atoms with Crippen LogP contribution in [0.5, 0.6) is 0 Å². The third-order valence-corrected chi connectivity index (χ3v) is 6.35. The highest BCUT2D eigenvalue weighted by Gasteiger charge is 2.42. The number of hydrogen-bond donors (Lipinski definition) is 0. The van der Waals surface area contributed by atoms with E-state index in [1.807, 2.05) is 24.3 Å². The fraction of sp³-hybridized carbons (Fsp3) is 0.533. The zero-order chi connectivity index (χ0) is 16.6. The van der Waals surface area contributed by atoms with Crippen LogP contribution in [0.15, 0.2) is 24.3 Å². The van der Waals surface area contributed by atoms with Crippen LogP contribution in [-0.4, -0.2) is 59.1 Å². The summed E-state index contributed by atoms with van der Waals surface area (Å²) in [6, 6.07) is 7.19. The highest BCUT2D eigenvalue weighted by Crippen LogP contribution is 2.42. The van der Waals surface area contributed by atoms with Gasteiger partial charge in [-0.3, -0.25) is 9.10 Å². The first-order chi connectivity index (χ1) is 11.0. The average molecular weight is 339 g/mol. The fourth-order valence-electron chi connectivity index (χ4n) is 3.25. The number of anilines is 2. The summed E-state index contributed by atoms with van der Waals surface area (Å²) in [5.41, 5.74) is 1.42. The lowest BCUT2D eigenvalue weighted by Crippen LogP contribution is -2.50. The van der Waals surface area contributed by atoms with Crippen LogP contribution in [0.2, 0.25) is 0 Å². The molecular formula is C15H21N3O4S. The molecule has 0 aromatic heterocycles. The lowest BCUT2D eigenvalue weighted by Gasteiger charge is -2.36. The quantitative estimate of drug-likeness (QED) is 0.818. The number of methoxy groups -OCH3 is 1. The first kappa shape index (κ1) is 16.1. The number of rotatable bonds is 3. The van der Waals surface area contributed by atoms with Crippen molar-refractivity contribution < 1.29 is 17.9 Å². The number of benzene rings is 1. The summed E-state index contributed by atoms with van der Waals surface area (Å²) < 4.78 is 33.1. The Morgan fingerprint density at radius 1 is 1.22 bits per heavy atom. The van der Waals surface area contributed by atoms with Crippen molar-refractivity contribution in [2.75, 3.05) is 42.5 Å². The van der Waals surface area contributed by atoms with Crippen molar-refractivity contribution in [1.82, 2.24) is 4.90 Å². The van der Waals surface area contributed by atoms with Crippen LogP contribution in [0.1, 0.15) is 12.8 Å². The van der Waals surface area contributed by atoms with Gasteiger partial charge in [0.25, 0.3) is 0 Å². The van der Waals surface area contributed by atoms with Crippen molar-refractivity contribution in [3.8, 4) is 0 Å². The van der Waals surface area contributed by atoms with Crippen LogP contribution in [0, 0.1) is 0 Å². The smallest absolute Gasteiger partial charge is 0.326 e. The van der Waals surface area contributed by atoms with Gasteiger partial charge in [-0.05, 0) is 25.0 Å². The number of ether oxygens (including phenoxy) is 1. The summed E-state index contributed by atoms with van der Waals surface area (Å²) in [6.45, 7) is 1.16. The molecule has 0 radical (unpaired) electrons. The molecule has 1 saturated heterocycles. The lowest BCUT2D eigenvalue weighted by atomic mass is 10.0. The maximum atomic E-state index is 12.7. The maximum absolute atomic E-state index is 12.7. The minimum Gasteiger partial charge on any atom is -0.375 e. The second-order valence-electron chi connectivity index (χ2n) is 5.80. The molecule has 0 unspecified atom stereocenters. The number of hydrogen-bond acceptors (Lipinski definition) is 4. The Kier molecular flexibility index (Phi) is 4.20. The second-order valence-corrected chi connectivity index (χ2v) is 7.64. The molecule has 1 fully saturated rings. The molecule has 0 saturated carbocycles. The van der Waals surface area contributed by atoms with Crippen molar-refractivity contribution in [2.24, 2.45) is 0 Å². The van der Waals surface area contributed by atoms with Crippen molar-refractivity contribution in [3.05, 3.63) is 24.3 Å². The molecule has 2 aliphatic heterocycles. The van der Waals surface area contributed by atoms with Gasteiger partial charge in [0.2, 0.25) is 5.91 Å². The molecule has 0 aliphatic carbocycles. The SMILES string of the molecule is COCC(=O)N1CCC(N2c3ccccc3N(C)S2(=O)=O)CC1. The molecule has 2 heterocycles. The fourth-order valence-corrected chi connectivity index (χ4v) is 4.90. The highest BCUT2D eigenvalue weighted by atomic mass is 32.2. The van der Waals surface area contributed by atoms with E-state index in [1.165, 1.54) is 15.7 Å². The molecule has 0 atom stereocenters. The van der Waals surface area contributed by atoms with Gasteiger partial charge < -0.3 is 9.64 Å². The first-order valence-electron chi connectivity index (χ1n) is 7.61.